The Balaban J connectivity index is 1.72. The number of amides is 1. The van der Waals surface area contributed by atoms with Crippen LogP contribution in [0.5, 0.6) is 0 Å². The molecule has 2 fully saturated rings. The van der Waals surface area contributed by atoms with Crippen LogP contribution in [0.3, 0.4) is 0 Å². The highest BCUT2D eigenvalue weighted by Gasteiger charge is 2.51. The van der Waals surface area contributed by atoms with E-state index < -0.39 is 86.8 Å². The van der Waals surface area contributed by atoms with Gasteiger partial charge in [0.15, 0.2) is 12.6 Å². The topological polar surface area (TPSA) is 228 Å². The lowest BCUT2D eigenvalue weighted by Crippen LogP contribution is -2.65. The first kappa shape index (κ1) is 67.8. The number of aliphatic hydroxyl groups excluding tert-OH is 8. The smallest absolute Gasteiger partial charge is 0.220 e. The monoisotopic (exact) mass is 1040 g/mol. The summed E-state index contributed by atoms with van der Waals surface area (Å²) in [6.07, 6.45) is 35.5. The minimum absolute atomic E-state index is 0.236. The van der Waals surface area contributed by atoms with Crippen molar-refractivity contribution in [3.05, 3.63) is 12.2 Å². The van der Waals surface area contributed by atoms with Gasteiger partial charge in [-0.15, -0.1) is 0 Å². The number of carbonyl (C=O) groups excluding carboxylic acids is 1. The summed E-state index contributed by atoms with van der Waals surface area (Å²) in [6.45, 7) is 2.82. The Kier molecular flexibility index (Phi) is 42.5. The van der Waals surface area contributed by atoms with Crippen molar-refractivity contribution < 1.29 is 64.6 Å². The van der Waals surface area contributed by atoms with Crippen molar-refractivity contribution in [3.63, 3.8) is 0 Å². The number of unbranched alkanes of at least 4 members (excludes halogenated alkanes) is 36. The Labute approximate surface area is 444 Å². The first-order valence-electron chi connectivity index (χ1n) is 30.4. The molecule has 2 rings (SSSR count). The second-order valence-electron chi connectivity index (χ2n) is 21.8. The van der Waals surface area contributed by atoms with E-state index in [0.29, 0.717) is 6.42 Å². The second kappa shape index (κ2) is 45.7. The fourth-order valence-electron chi connectivity index (χ4n) is 10.3. The van der Waals surface area contributed by atoms with Crippen molar-refractivity contribution in [2.24, 2.45) is 0 Å². The van der Waals surface area contributed by atoms with E-state index in [9.17, 15) is 45.6 Å². The lowest BCUT2D eigenvalue weighted by Gasteiger charge is -2.46. The molecule has 14 heteroatoms. The summed E-state index contributed by atoms with van der Waals surface area (Å²) in [4.78, 5) is 13.2. The van der Waals surface area contributed by atoms with Crippen molar-refractivity contribution in [2.75, 3.05) is 19.8 Å². The van der Waals surface area contributed by atoms with Crippen LogP contribution in [0, 0.1) is 0 Å². The Morgan fingerprint density at radius 2 is 0.849 bits per heavy atom. The second-order valence-corrected chi connectivity index (χ2v) is 21.8. The maximum atomic E-state index is 13.2. The average Bonchev–Trinajstić information content (AvgIpc) is 3.39. The normalized spacial score (nSPS) is 25.4. The van der Waals surface area contributed by atoms with Crippen LogP contribution < -0.4 is 5.32 Å². The summed E-state index contributed by atoms with van der Waals surface area (Å²) in [5, 5.41) is 87.0. The van der Waals surface area contributed by atoms with Gasteiger partial charge in [0.2, 0.25) is 5.91 Å². The zero-order valence-electron chi connectivity index (χ0n) is 46.4. The summed E-state index contributed by atoms with van der Waals surface area (Å²) < 4.78 is 22.8. The molecule has 2 aliphatic rings. The molecule has 0 aliphatic carbocycles. The van der Waals surface area contributed by atoms with Crippen molar-refractivity contribution in [1.29, 1.82) is 0 Å². The highest BCUT2D eigenvalue weighted by Crippen LogP contribution is 2.30. The molecule has 12 atom stereocenters. The molecule has 9 N–H and O–H groups in total. The Morgan fingerprint density at radius 1 is 0.479 bits per heavy atom. The van der Waals surface area contributed by atoms with E-state index in [1.807, 2.05) is 6.08 Å². The number of ether oxygens (including phenoxy) is 4. The SMILES string of the molecule is CCCCCCCCCCCCCCCCCCCCCCCCCC/C=C/C(O)C(COC1OC(CO)C(OC2OC(CO)C(O)C(O)C2O)C(O)C1O)NC(=O)CCCCCCCCCCCCCCC. The highest BCUT2D eigenvalue weighted by molar-refractivity contribution is 5.76. The van der Waals surface area contributed by atoms with E-state index in [0.717, 1.165) is 38.5 Å². The molecule has 2 aliphatic heterocycles. The predicted octanol–water partition coefficient (Wildman–Crippen LogP) is 10.3. The van der Waals surface area contributed by atoms with Gasteiger partial charge in [-0.1, -0.05) is 251 Å². The summed E-state index contributed by atoms with van der Waals surface area (Å²) in [6, 6.07) is -0.909. The molecule has 2 saturated heterocycles. The fourth-order valence-corrected chi connectivity index (χ4v) is 10.3. The predicted molar refractivity (Wildman–Crippen MR) is 291 cm³/mol. The molecule has 0 saturated carbocycles. The highest BCUT2D eigenvalue weighted by atomic mass is 16.7. The fraction of sp³-hybridized carbons (Fsp3) is 0.949. The van der Waals surface area contributed by atoms with Crippen LogP contribution in [0.25, 0.3) is 0 Å². The molecule has 0 aromatic carbocycles. The van der Waals surface area contributed by atoms with E-state index in [4.69, 9.17) is 18.9 Å². The number of aliphatic hydroxyl groups is 8. The van der Waals surface area contributed by atoms with E-state index in [1.54, 1.807) is 6.08 Å². The van der Waals surface area contributed by atoms with Crippen LogP contribution in [0.15, 0.2) is 12.2 Å². The van der Waals surface area contributed by atoms with Gasteiger partial charge in [0, 0.05) is 6.42 Å². The van der Waals surface area contributed by atoms with Gasteiger partial charge < -0.3 is 65.1 Å². The maximum absolute atomic E-state index is 13.2. The number of allylic oxidation sites excluding steroid dienone is 1. The van der Waals surface area contributed by atoms with Gasteiger partial charge in [0.1, 0.15) is 48.8 Å². The number of hydrogen-bond acceptors (Lipinski definition) is 13. The third-order valence-electron chi connectivity index (χ3n) is 15.2. The van der Waals surface area contributed by atoms with Gasteiger partial charge in [-0.05, 0) is 19.3 Å². The lowest BCUT2D eigenvalue weighted by molar-refractivity contribution is -0.359. The molecule has 14 nitrogen and oxygen atoms in total. The van der Waals surface area contributed by atoms with E-state index >= 15 is 0 Å². The molecule has 1 amide bonds. The first-order chi connectivity index (χ1) is 35.6. The largest absolute Gasteiger partial charge is 0.394 e. The van der Waals surface area contributed by atoms with Crippen LogP contribution in [0.1, 0.15) is 264 Å². The molecule has 0 bridgehead atoms. The number of rotatable bonds is 49. The summed E-state index contributed by atoms with van der Waals surface area (Å²) in [5.74, 6) is -0.236. The molecule has 0 aromatic heterocycles. The number of hydrogen-bond donors (Lipinski definition) is 9. The molecular weight excluding hydrogens is 931 g/mol. The van der Waals surface area contributed by atoms with Gasteiger partial charge in [0.25, 0.3) is 0 Å². The van der Waals surface area contributed by atoms with Crippen LogP contribution in [0.2, 0.25) is 0 Å². The Morgan fingerprint density at radius 3 is 1.26 bits per heavy atom. The summed E-state index contributed by atoms with van der Waals surface area (Å²) in [5.41, 5.74) is 0. The molecule has 0 radical (unpaired) electrons. The Hall–Kier alpha value is -1.27. The number of carbonyl (C=O) groups is 1. The quantitative estimate of drug-likeness (QED) is 0.0204. The lowest BCUT2D eigenvalue weighted by atomic mass is 9.97. The summed E-state index contributed by atoms with van der Waals surface area (Å²) >= 11 is 0. The minimum atomic E-state index is -1.78. The third-order valence-corrected chi connectivity index (χ3v) is 15.2. The van der Waals surface area contributed by atoms with Gasteiger partial charge in [-0.25, -0.2) is 0 Å². The molecule has 0 spiro atoms. The Bertz CT molecular complexity index is 1280. The van der Waals surface area contributed by atoms with Crippen molar-refractivity contribution in [3.8, 4) is 0 Å². The van der Waals surface area contributed by atoms with Crippen LogP contribution in [-0.4, -0.2) is 140 Å². The first-order valence-corrected chi connectivity index (χ1v) is 30.4. The average molecular weight is 1040 g/mol. The number of nitrogens with one attached hydrogen (secondary N) is 1. The van der Waals surface area contributed by atoms with Crippen molar-refractivity contribution in [1.82, 2.24) is 5.32 Å². The van der Waals surface area contributed by atoms with Crippen LogP contribution >= 0.6 is 0 Å². The minimum Gasteiger partial charge on any atom is -0.394 e. The zero-order valence-corrected chi connectivity index (χ0v) is 46.4. The molecule has 432 valence electrons. The maximum Gasteiger partial charge on any atom is 0.220 e. The van der Waals surface area contributed by atoms with Crippen molar-refractivity contribution in [2.45, 2.75) is 338 Å². The van der Waals surface area contributed by atoms with Gasteiger partial charge in [-0.3, -0.25) is 4.79 Å². The van der Waals surface area contributed by atoms with Crippen LogP contribution in [-0.2, 0) is 23.7 Å². The molecule has 73 heavy (non-hydrogen) atoms. The standard InChI is InChI=1S/C59H113NO13/c1-3-5-7-9-11-13-15-17-18-19-20-21-22-23-24-25-26-27-28-29-31-32-34-36-38-40-42-48(63)47(60-51(64)43-41-39-37-35-33-30-16-14-12-10-8-6-4-2)46-70-58-56(69)54(67)57(50(45-62)72-58)73-59-55(68)53(66)52(65)49(44-61)71-59/h40,42,47-50,52-59,61-63,65-69H,3-39,41,43-46H2,1-2H3,(H,60,64)/b42-40+. The van der Waals surface area contributed by atoms with E-state index in [1.165, 1.54) is 199 Å². The molecular formula is C59H113NO13. The zero-order chi connectivity index (χ0) is 53.2. The third kappa shape index (κ3) is 31.7. The van der Waals surface area contributed by atoms with E-state index in [2.05, 4.69) is 19.2 Å². The van der Waals surface area contributed by atoms with Gasteiger partial charge in [-0.2, -0.15) is 0 Å². The van der Waals surface area contributed by atoms with E-state index in [-0.39, 0.29) is 18.9 Å². The van der Waals surface area contributed by atoms with Crippen LogP contribution in [0.4, 0.5) is 0 Å². The molecule has 2 heterocycles. The van der Waals surface area contributed by atoms with Gasteiger partial charge >= 0.3 is 0 Å². The van der Waals surface area contributed by atoms with Crippen molar-refractivity contribution >= 4 is 5.91 Å². The molecule has 12 unspecified atom stereocenters. The summed E-state index contributed by atoms with van der Waals surface area (Å²) in [7, 11) is 0. The molecule has 0 aromatic rings. The van der Waals surface area contributed by atoms with Gasteiger partial charge in [0.05, 0.1) is 32.0 Å².